The molecule has 0 fully saturated rings. The molecule has 0 aliphatic carbocycles. The van der Waals surface area contributed by atoms with Gasteiger partial charge in [0.05, 0.1) is 5.69 Å². The molecule has 0 aliphatic rings. The Hall–Kier alpha value is -3.66. The average molecular weight is 472 g/mol. The van der Waals surface area contributed by atoms with Crippen LogP contribution in [0, 0.1) is 13.8 Å². The van der Waals surface area contributed by atoms with Crippen LogP contribution in [0.15, 0.2) is 34.9 Å². The van der Waals surface area contributed by atoms with E-state index in [1.807, 2.05) is 12.1 Å². The topological polar surface area (TPSA) is 134 Å². The number of anilines is 2. The largest absolute Gasteiger partial charge is 0.368 e. The molecule has 2 heterocycles. The van der Waals surface area contributed by atoms with Gasteiger partial charge in [-0.15, -0.1) is 0 Å². The molecule has 0 bridgehead atoms. The fourth-order valence-electron chi connectivity index (χ4n) is 3.05. The lowest BCUT2D eigenvalue weighted by Gasteiger charge is -2.12. The maximum absolute atomic E-state index is 12.4. The summed E-state index contributed by atoms with van der Waals surface area (Å²) in [6.07, 6.45) is 0. The summed E-state index contributed by atoms with van der Waals surface area (Å²) in [5, 5.41) is 16.4. The molecular weight excluding hydrogens is 446 g/mol. The Kier molecular flexibility index (Phi) is 8.20. The molecule has 0 atom stereocenters. The van der Waals surface area contributed by atoms with E-state index in [1.54, 1.807) is 32.0 Å². The van der Waals surface area contributed by atoms with E-state index in [-0.39, 0.29) is 11.8 Å². The predicted octanol–water partition coefficient (Wildman–Crippen LogP) is 2.79. The zero-order valence-corrected chi connectivity index (χ0v) is 19.4. The Morgan fingerprint density at radius 1 is 0.939 bits per heavy atom. The van der Waals surface area contributed by atoms with Gasteiger partial charge in [-0.25, -0.2) is 9.97 Å². The number of hydrogen-bond donors (Lipinski definition) is 4. The maximum atomic E-state index is 12.4. The highest BCUT2D eigenvalue weighted by atomic mass is 35.5. The molecule has 2 amide bonds. The Morgan fingerprint density at radius 2 is 1.55 bits per heavy atom. The molecule has 11 heteroatoms. The first-order valence-electron chi connectivity index (χ1n) is 10.4. The minimum atomic E-state index is -0.238. The fourth-order valence-corrected chi connectivity index (χ4v) is 3.17. The molecule has 4 N–H and O–H groups in total. The van der Waals surface area contributed by atoms with Crippen molar-refractivity contribution in [2.24, 2.45) is 0 Å². The van der Waals surface area contributed by atoms with Crippen LogP contribution in [-0.4, -0.2) is 53.1 Å². The summed E-state index contributed by atoms with van der Waals surface area (Å²) >= 11 is 5.99. The minimum Gasteiger partial charge on any atom is -0.368 e. The number of hydrogen-bond acceptors (Lipinski definition) is 8. The first-order chi connectivity index (χ1) is 15.8. The zero-order valence-electron chi connectivity index (χ0n) is 18.7. The molecule has 3 rings (SSSR count). The Morgan fingerprint density at radius 3 is 2.09 bits per heavy atom. The van der Waals surface area contributed by atoms with E-state index in [4.69, 9.17) is 16.1 Å². The summed E-state index contributed by atoms with van der Waals surface area (Å²) in [5.74, 6) is 1.85. The van der Waals surface area contributed by atoms with Gasteiger partial charge in [0.25, 0.3) is 5.91 Å². The highest BCUT2D eigenvalue weighted by Gasteiger charge is 2.16. The molecule has 0 radical (unpaired) electrons. The molecule has 0 spiro atoms. The standard InChI is InChI=1S/C22H26ClN7O3/c1-13-20(14(2)33-30-13)22(32)27-11-10-26-19-12-18(25-9-8-24-15(3)31)28-21(29-19)16-4-6-17(23)7-5-16/h4-7,12H,8-11H2,1-3H3,(H,24,31)(H,27,32)(H2,25,26,28,29). The highest BCUT2D eigenvalue weighted by Crippen LogP contribution is 2.22. The van der Waals surface area contributed by atoms with E-state index >= 15 is 0 Å². The van der Waals surface area contributed by atoms with Gasteiger partial charge in [-0.1, -0.05) is 16.8 Å². The van der Waals surface area contributed by atoms with Crippen molar-refractivity contribution in [1.82, 2.24) is 25.8 Å². The van der Waals surface area contributed by atoms with Crippen molar-refractivity contribution in [1.29, 1.82) is 0 Å². The number of benzene rings is 1. The average Bonchev–Trinajstić information content (AvgIpc) is 3.12. The lowest BCUT2D eigenvalue weighted by molar-refractivity contribution is -0.118. The molecule has 10 nitrogen and oxygen atoms in total. The number of carbonyl (C=O) groups is 2. The lowest BCUT2D eigenvalue weighted by atomic mass is 10.2. The van der Waals surface area contributed by atoms with Crippen molar-refractivity contribution >= 4 is 35.1 Å². The second kappa shape index (κ2) is 11.3. The molecule has 0 saturated heterocycles. The van der Waals surface area contributed by atoms with Gasteiger partial charge in [0.1, 0.15) is 23.0 Å². The SMILES string of the molecule is CC(=O)NCCNc1cc(NCCNC(=O)c2c(C)noc2C)nc(-c2ccc(Cl)cc2)n1. The van der Waals surface area contributed by atoms with Crippen LogP contribution >= 0.6 is 11.6 Å². The quantitative estimate of drug-likeness (QED) is 0.331. The summed E-state index contributed by atoms with van der Waals surface area (Å²) in [7, 11) is 0. The lowest BCUT2D eigenvalue weighted by Crippen LogP contribution is -2.29. The van der Waals surface area contributed by atoms with Crippen molar-refractivity contribution in [2.75, 3.05) is 36.8 Å². The highest BCUT2D eigenvalue weighted by molar-refractivity contribution is 6.30. The van der Waals surface area contributed by atoms with Crippen LogP contribution in [0.25, 0.3) is 11.4 Å². The molecular formula is C22H26ClN7O3. The van der Waals surface area contributed by atoms with Crippen LogP contribution in [0.1, 0.15) is 28.7 Å². The monoisotopic (exact) mass is 471 g/mol. The van der Waals surface area contributed by atoms with Gasteiger partial charge in [0.2, 0.25) is 5.91 Å². The number of rotatable bonds is 10. The molecule has 0 saturated carbocycles. The number of amides is 2. The van der Waals surface area contributed by atoms with Gasteiger partial charge in [0, 0.05) is 49.8 Å². The van der Waals surface area contributed by atoms with Gasteiger partial charge in [-0.2, -0.15) is 0 Å². The van der Waals surface area contributed by atoms with Crippen LogP contribution in [0.3, 0.4) is 0 Å². The van der Waals surface area contributed by atoms with Gasteiger partial charge in [-0.05, 0) is 38.1 Å². The molecule has 33 heavy (non-hydrogen) atoms. The summed E-state index contributed by atoms with van der Waals surface area (Å²) in [6, 6.07) is 8.99. The van der Waals surface area contributed by atoms with Crippen LogP contribution < -0.4 is 21.3 Å². The van der Waals surface area contributed by atoms with E-state index in [0.29, 0.717) is 65.7 Å². The third-order valence-electron chi connectivity index (χ3n) is 4.61. The van der Waals surface area contributed by atoms with Crippen molar-refractivity contribution in [2.45, 2.75) is 20.8 Å². The number of carbonyl (C=O) groups excluding carboxylic acids is 2. The van der Waals surface area contributed by atoms with Crippen molar-refractivity contribution < 1.29 is 14.1 Å². The molecule has 3 aromatic rings. The number of nitrogens with one attached hydrogen (secondary N) is 4. The van der Waals surface area contributed by atoms with E-state index in [1.165, 1.54) is 6.92 Å². The van der Waals surface area contributed by atoms with Gasteiger partial charge in [-0.3, -0.25) is 9.59 Å². The third kappa shape index (κ3) is 6.91. The van der Waals surface area contributed by atoms with Crippen LogP contribution in [0.4, 0.5) is 11.6 Å². The number of aromatic nitrogens is 3. The molecule has 174 valence electrons. The number of nitrogens with zero attached hydrogens (tertiary/aromatic N) is 3. The summed E-state index contributed by atoms with van der Waals surface area (Å²) in [6.45, 7) is 6.67. The Balaban J connectivity index is 1.65. The predicted molar refractivity (Wildman–Crippen MR) is 126 cm³/mol. The van der Waals surface area contributed by atoms with Crippen LogP contribution in [0.5, 0.6) is 0 Å². The zero-order chi connectivity index (χ0) is 23.8. The maximum Gasteiger partial charge on any atom is 0.256 e. The molecule has 1 aromatic carbocycles. The van der Waals surface area contributed by atoms with E-state index < -0.39 is 0 Å². The second-order valence-electron chi connectivity index (χ2n) is 7.26. The van der Waals surface area contributed by atoms with Crippen LogP contribution in [-0.2, 0) is 4.79 Å². The van der Waals surface area contributed by atoms with Crippen molar-refractivity contribution in [3.05, 3.63) is 52.4 Å². The van der Waals surface area contributed by atoms with E-state index in [2.05, 4.69) is 36.4 Å². The van der Waals surface area contributed by atoms with Crippen molar-refractivity contribution in [3.8, 4) is 11.4 Å². The molecule has 2 aromatic heterocycles. The van der Waals surface area contributed by atoms with Crippen LogP contribution in [0.2, 0.25) is 5.02 Å². The van der Waals surface area contributed by atoms with Crippen molar-refractivity contribution in [3.63, 3.8) is 0 Å². The molecule has 0 aliphatic heterocycles. The summed E-state index contributed by atoms with van der Waals surface area (Å²) in [5.41, 5.74) is 1.81. The third-order valence-corrected chi connectivity index (χ3v) is 4.86. The Bertz CT molecular complexity index is 1100. The normalized spacial score (nSPS) is 10.5. The van der Waals surface area contributed by atoms with Gasteiger partial charge >= 0.3 is 0 Å². The fraction of sp³-hybridized carbons (Fsp3) is 0.318. The van der Waals surface area contributed by atoms with Gasteiger partial charge in [0.15, 0.2) is 5.82 Å². The smallest absolute Gasteiger partial charge is 0.256 e. The number of halogens is 1. The second-order valence-corrected chi connectivity index (χ2v) is 7.70. The summed E-state index contributed by atoms with van der Waals surface area (Å²) < 4.78 is 5.04. The number of aryl methyl sites for hydroxylation is 2. The molecule has 0 unspecified atom stereocenters. The van der Waals surface area contributed by atoms with E-state index in [0.717, 1.165) is 5.56 Å². The van der Waals surface area contributed by atoms with E-state index in [9.17, 15) is 9.59 Å². The summed E-state index contributed by atoms with van der Waals surface area (Å²) in [4.78, 5) is 32.5. The van der Waals surface area contributed by atoms with Gasteiger partial charge < -0.3 is 25.8 Å². The first kappa shape index (κ1) is 24.0. The first-order valence-corrected chi connectivity index (χ1v) is 10.8. The minimum absolute atomic E-state index is 0.0951. The Labute approximate surface area is 196 Å².